The van der Waals surface area contributed by atoms with Crippen LogP contribution in [0, 0.1) is 5.92 Å². The second-order valence-electron chi connectivity index (χ2n) is 5.01. The molecule has 25 heavy (non-hydrogen) atoms. The number of ketones is 1. The highest BCUT2D eigenvalue weighted by Gasteiger charge is 2.39. The van der Waals surface area contributed by atoms with Gasteiger partial charge in [-0.3, -0.25) is 9.59 Å². The van der Waals surface area contributed by atoms with Gasteiger partial charge in [0.15, 0.2) is 0 Å². The Hall–Kier alpha value is -1.94. The fourth-order valence-corrected chi connectivity index (χ4v) is 2.63. The summed E-state index contributed by atoms with van der Waals surface area (Å²) < 4.78 is 37.4. The molecule has 0 aromatic heterocycles. The van der Waals surface area contributed by atoms with Gasteiger partial charge in [0, 0.05) is 17.4 Å². The summed E-state index contributed by atoms with van der Waals surface area (Å²) in [6.45, 7) is 0.587. The first kappa shape index (κ1) is 21.1. The minimum Gasteiger partial charge on any atom is -0.475 e. The van der Waals surface area contributed by atoms with Gasteiger partial charge in [0.05, 0.1) is 13.2 Å². The molecule has 138 valence electrons. The van der Waals surface area contributed by atoms with E-state index < -0.39 is 24.0 Å². The molecule has 0 bridgehead atoms. The first-order valence-electron chi connectivity index (χ1n) is 6.97. The lowest BCUT2D eigenvalue weighted by Gasteiger charge is -2.30. The monoisotopic (exact) mass is 425 g/mol. The van der Waals surface area contributed by atoms with Crippen LogP contribution in [-0.4, -0.2) is 42.7 Å². The van der Waals surface area contributed by atoms with Crippen molar-refractivity contribution in [3.05, 3.63) is 34.3 Å². The highest BCUT2D eigenvalue weighted by Crippen LogP contribution is 2.29. The molecule has 0 aliphatic carbocycles. The Morgan fingerprint density at radius 2 is 1.96 bits per heavy atom. The number of nitrogens with one attached hydrogen (secondary N) is 1. The van der Waals surface area contributed by atoms with E-state index in [1.807, 2.05) is 24.3 Å². The van der Waals surface area contributed by atoms with Crippen LogP contribution in [0.25, 0.3) is 0 Å². The molecule has 1 fully saturated rings. The lowest BCUT2D eigenvalue weighted by molar-refractivity contribution is -0.192. The largest absolute Gasteiger partial charge is 0.490 e. The predicted molar refractivity (Wildman–Crippen MR) is 83.7 cm³/mol. The second-order valence-corrected chi connectivity index (χ2v) is 5.92. The minimum absolute atomic E-state index is 0.0643. The van der Waals surface area contributed by atoms with Crippen molar-refractivity contribution in [2.24, 2.45) is 5.92 Å². The Labute approximate surface area is 149 Å². The smallest absolute Gasteiger partial charge is 0.475 e. The number of hydrogen-bond acceptors (Lipinski definition) is 5. The maximum Gasteiger partial charge on any atom is 0.490 e. The number of carboxylic acids is 1. The van der Waals surface area contributed by atoms with Crippen molar-refractivity contribution in [1.29, 1.82) is 0 Å². The van der Waals surface area contributed by atoms with Crippen molar-refractivity contribution in [3.8, 4) is 0 Å². The molecule has 0 saturated carbocycles. The highest BCUT2D eigenvalue weighted by atomic mass is 79.9. The van der Waals surface area contributed by atoms with E-state index in [2.05, 4.69) is 21.2 Å². The molecule has 0 unspecified atom stereocenters. The highest BCUT2D eigenvalue weighted by molar-refractivity contribution is 9.10. The number of halogens is 4. The third-order valence-electron chi connectivity index (χ3n) is 3.32. The van der Waals surface area contributed by atoms with Crippen LogP contribution in [0.3, 0.4) is 0 Å². The summed E-state index contributed by atoms with van der Waals surface area (Å²) in [6, 6.07) is 7.29. The molecule has 6 nitrogen and oxygen atoms in total. The van der Waals surface area contributed by atoms with Crippen molar-refractivity contribution < 1.29 is 37.4 Å². The number of hydrogen-bond donors (Lipinski definition) is 2. The summed E-state index contributed by atoms with van der Waals surface area (Å²) in [7, 11) is 1.31. The lowest BCUT2D eigenvalue weighted by atomic mass is 9.85. The number of carboxylic acid groups (broad SMARTS) is 1. The van der Waals surface area contributed by atoms with E-state index in [-0.39, 0.29) is 11.8 Å². The molecule has 0 radical (unpaired) electrons. The van der Waals surface area contributed by atoms with Crippen molar-refractivity contribution in [2.75, 3.05) is 13.7 Å². The first-order valence-corrected chi connectivity index (χ1v) is 7.76. The van der Waals surface area contributed by atoms with Crippen LogP contribution >= 0.6 is 15.9 Å². The summed E-state index contributed by atoms with van der Waals surface area (Å²) in [5.74, 6) is -4.05. The number of Topliss-reactive ketones (excluding diaryl/α,β-unsaturated/α-hetero) is 1. The predicted octanol–water partition coefficient (Wildman–Crippen LogP) is 2.48. The summed E-state index contributed by atoms with van der Waals surface area (Å²) in [6.07, 6.45) is -4.72. The Morgan fingerprint density at radius 1 is 1.36 bits per heavy atom. The number of carbonyl (C=O) groups is 3. The van der Waals surface area contributed by atoms with Crippen LogP contribution in [0.4, 0.5) is 13.2 Å². The Balaban J connectivity index is 0.000000381. The molecule has 1 aromatic carbocycles. The molecular formula is C15H15BrF3NO5. The molecule has 1 aliphatic rings. The van der Waals surface area contributed by atoms with Gasteiger partial charge >= 0.3 is 18.1 Å². The Bertz CT molecular complexity index is 642. The van der Waals surface area contributed by atoms with Gasteiger partial charge in [-0.1, -0.05) is 28.1 Å². The van der Waals surface area contributed by atoms with E-state index in [4.69, 9.17) is 14.6 Å². The quantitative estimate of drug-likeness (QED) is 0.558. The number of rotatable bonds is 2. The van der Waals surface area contributed by atoms with Gasteiger partial charge in [-0.25, -0.2) is 4.79 Å². The molecule has 1 aromatic rings. The van der Waals surface area contributed by atoms with Gasteiger partial charge in [0.1, 0.15) is 11.7 Å². The summed E-state index contributed by atoms with van der Waals surface area (Å²) in [4.78, 5) is 32.6. The zero-order chi connectivity index (χ0) is 19.2. The van der Waals surface area contributed by atoms with Crippen LogP contribution in [0.2, 0.25) is 0 Å². The molecule has 1 saturated heterocycles. The lowest BCUT2D eigenvalue weighted by Crippen LogP contribution is -2.44. The number of methoxy groups -OCH3 is 1. The molecule has 2 N–H and O–H groups in total. The number of carbonyl (C=O) groups excluding carboxylic acids is 2. The zero-order valence-electron chi connectivity index (χ0n) is 13.0. The summed E-state index contributed by atoms with van der Waals surface area (Å²) in [5, 5.41) is 10.3. The van der Waals surface area contributed by atoms with E-state index in [9.17, 15) is 22.8 Å². The number of esters is 1. The van der Waals surface area contributed by atoms with Crippen LogP contribution in [0.1, 0.15) is 18.0 Å². The Kier molecular flexibility index (Phi) is 7.56. The number of piperidine rings is 1. The maximum absolute atomic E-state index is 11.9. The number of benzene rings is 1. The molecule has 1 aliphatic heterocycles. The van der Waals surface area contributed by atoms with Crippen LogP contribution in [-0.2, 0) is 19.1 Å². The van der Waals surface area contributed by atoms with Crippen LogP contribution in [0.5, 0.6) is 0 Å². The fourth-order valence-electron chi connectivity index (χ4n) is 2.21. The topological polar surface area (TPSA) is 92.7 Å². The molecular weight excluding hydrogens is 411 g/mol. The standard InChI is InChI=1S/C13H14BrNO3.C2HF3O2/c1-18-13(17)11-10(16)5-6-15-12(11)8-3-2-4-9(14)7-8;3-2(4,5)1(6)7/h2-4,7,11-12,15H,5-6H2,1H3;(H,6,7)/t11-,12+;/m0./s1. The van der Waals surface area contributed by atoms with E-state index in [1.165, 1.54) is 7.11 Å². The van der Waals surface area contributed by atoms with E-state index in [0.29, 0.717) is 13.0 Å². The van der Waals surface area contributed by atoms with Crippen molar-refractivity contribution >= 4 is 33.7 Å². The molecule has 10 heteroatoms. The normalized spacial score (nSPS) is 20.3. The van der Waals surface area contributed by atoms with E-state index in [0.717, 1.165) is 10.0 Å². The van der Waals surface area contributed by atoms with Crippen molar-refractivity contribution in [1.82, 2.24) is 5.32 Å². The third kappa shape index (κ3) is 6.13. The molecule has 1 heterocycles. The van der Waals surface area contributed by atoms with E-state index >= 15 is 0 Å². The molecule has 0 spiro atoms. The van der Waals surface area contributed by atoms with E-state index in [1.54, 1.807) is 0 Å². The number of ether oxygens (including phenoxy) is 1. The van der Waals surface area contributed by atoms with Gasteiger partial charge in [0.2, 0.25) is 0 Å². The van der Waals surface area contributed by atoms with Gasteiger partial charge in [-0.15, -0.1) is 0 Å². The maximum atomic E-state index is 11.9. The summed E-state index contributed by atoms with van der Waals surface area (Å²) >= 11 is 3.39. The zero-order valence-corrected chi connectivity index (χ0v) is 14.6. The fraction of sp³-hybridized carbons (Fsp3) is 0.400. The van der Waals surface area contributed by atoms with Crippen LogP contribution < -0.4 is 5.32 Å². The first-order chi connectivity index (χ1) is 11.6. The number of aliphatic carboxylic acids is 1. The Morgan fingerprint density at radius 3 is 2.44 bits per heavy atom. The average Bonchev–Trinajstić information content (AvgIpc) is 2.53. The average molecular weight is 426 g/mol. The van der Waals surface area contributed by atoms with Gasteiger partial charge in [-0.05, 0) is 17.7 Å². The van der Waals surface area contributed by atoms with Crippen molar-refractivity contribution in [2.45, 2.75) is 18.6 Å². The number of alkyl halides is 3. The third-order valence-corrected chi connectivity index (χ3v) is 3.81. The van der Waals surface area contributed by atoms with Gasteiger partial charge in [-0.2, -0.15) is 13.2 Å². The van der Waals surface area contributed by atoms with Crippen molar-refractivity contribution in [3.63, 3.8) is 0 Å². The minimum atomic E-state index is -5.08. The molecule has 0 amide bonds. The second kappa shape index (κ2) is 8.95. The van der Waals surface area contributed by atoms with Crippen LogP contribution in [0.15, 0.2) is 28.7 Å². The SMILES string of the molecule is COC(=O)[C@H]1C(=O)CCN[C@@H]1c1cccc(Br)c1.O=C(O)C(F)(F)F. The molecule has 2 rings (SSSR count). The van der Waals surface area contributed by atoms with Gasteiger partial charge < -0.3 is 15.2 Å². The summed E-state index contributed by atoms with van der Waals surface area (Å²) in [5.41, 5.74) is 0.910. The molecule has 2 atom stereocenters. The van der Waals surface area contributed by atoms with Gasteiger partial charge in [0.25, 0.3) is 0 Å².